The van der Waals surface area contributed by atoms with Gasteiger partial charge in [-0.25, -0.2) is 4.98 Å². The van der Waals surface area contributed by atoms with Gasteiger partial charge in [0.2, 0.25) is 0 Å². The Morgan fingerprint density at radius 2 is 2.28 bits per heavy atom. The number of pyridine rings is 1. The van der Waals surface area contributed by atoms with E-state index in [9.17, 15) is 0 Å². The van der Waals surface area contributed by atoms with Gasteiger partial charge in [0.05, 0.1) is 16.9 Å². The predicted molar refractivity (Wildman–Crippen MR) is 75.7 cm³/mol. The molecule has 98 valence electrons. The van der Waals surface area contributed by atoms with Crippen molar-refractivity contribution < 1.29 is 0 Å². The first-order chi connectivity index (χ1) is 8.63. The smallest absolute Gasteiger partial charge is 0.145 e. The molecule has 4 heteroatoms. The molecule has 2 saturated carbocycles. The summed E-state index contributed by atoms with van der Waals surface area (Å²) in [5, 5.41) is 4.08. The van der Waals surface area contributed by atoms with E-state index in [2.05, 4.69) is 17.2 Å². The van der Waals surface area contributed by atoms with E-state index < -0.39 is 0 Å². The molecule has 1 aromatic heterocycles. The van der Waals surface area contributed by atoms with Crippen LogP contribution in [0.4, 0.5) is 11.5 Å². The van der Waals surface area contributed by atoms with Crippen molar-refractivity contribution in [3.8, 4) is 0 Å². The normalized spacial score (nSPS) is 31.6. The molecule has 0 radical (unpaired) electrons. The van der Waals surface area contributed by atoms with E-state index in [0.717, 1.165) is 23.6 Å². The molecule has 2 aliphatic carbocycles. The number of nitrogens with zero attached hydrogens (tertiary/aromatic N) is 1. The van der Waals surface area contributed by atoms with Crippen molar-refractivity contribution in [1.82, 2.24) is 4.98 Å². The zero-order valence-corrected chi connectivity index (χ0v) is 11.5. The molecule has 1 aromatic rings. The van der Waals surface area contributed by atoms with Gasteiger partial charge >= 0.3 is 0 Å². The molecule has 0 aliphatic heterocycles. The molecule has 3 rings (SSSR count). The molecular weight excluding hydrogens is 246 g/mol. The van der Waals surface area contributed by atoms with Gasteiger partial charge in [0.25, 0.3) is 0 Å². The molecule has 0 aromatic carbocycles. The monoisotopic (exact) mass is 265 g/mol. The summed E-state index contributed by atoms with van der Waals surface area (Å²) in [5.74, 6) is 3.42. The number of anilines is 2. The molecule has 3 N–H and O–H groups in total. The van der Waals surface area contributed by atoms with Crippen LogP contribution in [-0.2, 0) is 0 Å². The fraction of sp³-hybridized carbons (Fsp3) is 0.643. The summed E-state index contributed by atoms with van der Waals surface area (Å²) in [7, 11) is 0. The minimum Gasteiger partial charge on any atom is -0.397 e. The zero-order chi connectivity index (χ0) is 12.7. The maximum Gasteiger partial charge on any atom is 0.145 e. The fourth-order valence-electron chi connectivity index (χ4n) is 3.79. The van der Waals surface area contributed by atoms with Gasteiger partial charge in [0.15, 0.2) is 0 Å². The highest BCUT2D eigenvalue weighted by Gasteiger charge is 2.41. The van der Waals surface area contributed by atoms with Crippen LogP contribution in [0.3, 0.4) is 0 Å². The Kier molecular flexibility index (Phi) is 3.10. The van der Waals surface area contributed by atoms with Crippen LogP contribution in [0.25, 0.3) is 0 Å². The average Bonchev–Trinajstić information content (AvgIpc) is 2.94. The summed E-state index contributed by atoms with van der Waals surface area (Å²) in [6.45, 7) is 2.25. The third-order valence-corrected chi connectivity index (χ3v) is 4.95. The van der Waals surface area contributed by atoms with Gasteiger partial charge < -0.3 is 11.1 Å². The molecule has 0 spiro atoms. The Bertz CT molecular complexity index is 449. The molecule has 2 fully saturated rings. The maximum absolute atomic E-state index is 6.15. The fourth-order valence-corrected chi connectivity index (χ4v) is 4.02. The van der Waals surface area contributed by atoms with Crippen LogP contribution in [-0.4, -0.2) is 11.0 Å². The Morgan fingerprint density at radius 3 is 2.89 bits per heavy atom. The highest BCUT2D eigenvalue weighted by atomic mass is 35.5. The Labute approximate surface area is 113 Å². The Hall–Kier alpha value is -0.960. The van der Waals surface area contributed by atoms with Gasteiger partial charge in [-0.1, -0.05) is 18.0 Å². The number of fused-ring (bicyclic) bond motifs is 2. The van der Waals surface area contributed by atoms with Crippen LogP contribution in [0.2, 0.25) is 5.02 Å². The van der Waals surface area contributed by atoms with Gasteiger partial charge in [-0.3, -0.25) is 0 Å². The average molecular weight is 266 g/mol. The zero-order valence-electron chi connectivity index (χ0n) is 10.7. The number of nitrogens with two attached hydrogens (primary N) is 1. The number of halogens is 1. The molecule has 2 bridgehead atoms. The third-order valence-electron chi connectivity index (χ3n) is 4.66. The third kappa shape index (κ3) is 2.16. The molecule has 0 amide bonds. The second-order valence-electron chi connectivity index (χ2n) is 5.87. The van der Waals surface area contributed by atoms with Crippen LogP contribution in [0.15, 0.2) is 12.3 Å². The largest absolute Gasteiger partial charge is 0.397 e. The lowest BCUT2D eigenvalue weighted by Crippen LogP contribution is -2.30. The van der Waals surface area contributed by atoms with Crippen molar-refractivity contribution in [3.05, 3.63) is 17.3 Å². The van der Waals surface area contributed by atoms with E-state index >= 15 is 0 Å². The van der Waals surface area contributed by atoms with E-state index in [0.29, 0.717) is 16.8 Å². The summed E-state index contributed by atoms with van der Waals surface area (Å²) in [5.41, 5.74) is 6.26. The quantitative estimate of drug-likeness (QED) is 0.879. The Balaban J connectivity index is 1.69. The molecule has 1 heterocycles. The molecule has 2 aliphatic rings. The van der Waals surface area contributed by atoms with Gasteiger partial charge in [-0.2, -0.15) is 0 Å². The highest BCUT2D eigenvalue weighted by Crippen LogP contribution is 2.49. The van der Waals surface area contributed by atoms with E-state index in [-0.39, 0.29) is 0 Å². The summed E-state index contributed by atoms with van der Waals surface area (Å²) in [6, 6.07) is 2.19. The van der Waals surface area contributed by atoms with E-state index in [1.165, 1.54) is 25.7 Å². The molecular formula is C14H20ClN3. The van der Waals surface area contributed by atoms with Crippen molar-refractivity contribution in [2.45, 2.75) is 38.6 Å². The Morgan fingerprint density at radius 1 is 1.44 bits per heavy atom. The second-order valence-corrected chi connectivity index (χ2v) is 6.28. The number of hydrogen-bond acceptors (Lipinski definition) is 3. The lowest BCUT2D eigenvalue weighted by Gasteiger charge is -2.29. The maximum atomic E-state index is 6.15. The van der Waals surface area contributed by atoms with Crippen LogP contribution in [0, 0.1) is 17.8 Å². The highest BCUT2D eigenvalue weighted by molar-refractivity contribution is 6.33. The SMILES string of the molecule is CC(Nc1ncc(N)cc1Cl)C1CC2CCC1C2. The summed E-state index contributed by atoms with van der Waals surface area (Å²) in [6.07, 6.45) is 7.30. The lowest BCUT2D eigenvalue weighted by molar-refractivity contribution is 0.304. The van der Waals surface area contributed by atoms with Crippen molar-refractivity contribution >= 4 is 23.1 Å². The van der Waals surface area contributed by atoms with Gasteiger partial charge in [0.1, 0.15) is 5.82 Å². The van der Waals surface area contributed by atoms with Crippen LogP contribution in [0.1, 0.15) is 32.6 Å². The molecule has 3 nitrogen and oxygen atoms in total. The first kappa shape index (κ1) is 12.1. The van der Waals surface area contributed by atoms with Crippen molar-refractivity contribution in [3.63, 3.8) is 0 Å². The number of nitrogen functional groups attached to an aromatic ring is 1. The number of nitrogens with one attached hydrogen (secondary N) is 1. The minimum atomic E-state index is 0.439. The minimum absolute atomic E-state index is 0.439. The number of hydrogen-bond donors (Lipinski definition) is 2. The van der Waals surface area contributed by atoms with E-state index in [1.807, 2.05) is 0 Å². The van der Waals surface area contributed by atoms with Gasteiger partial charge in [-0.15, -0.1) is 0 Å². The van der Waals surface area contributed by atoms with Crippen molar-refractivity contribution in [2.24, 2.45) is 17.8 Å². The summed E-state index contributed by atoms with van der Waals surface area (Å²) in [4.78, 5) is 4.28. The summed E-state index contributed by atoms with van der Waals surface area (Å²) >= 11 is 6.15. The molecule has 4 atom stereocenters. The predicted octanol–water partition coefficient (Wildman–Crippen LogP) is 3.55. The number of aromatic nitrogens is 1. The molecule has 0 saturated heterocycles. The second kappa shape index (κ2) is 4.61. The topological polar surface area (TPSA) is 50.9 Å². The molecule has 18 heavy (non-hydrogen) atoms. The lowest BCUT2D eigenvalue weighted by atomic mass is 9.84. The van der Waals surface area contributed by atoms with Crippen LogP contribution in [0.5, 0.6) is 0 Å². The van der Waals surface area contributed by atoms with Gasteiger partial charge in [0, 0.05) is 6.04 Å². The first-order valence-corrected chi connectivity index (χ1v) is 7.19. The van der Waals surface area contributed by atoms with Crippen LogP contribution < -0.4 is 11.1 Å². The van der Waals surface area contributed by atoms with Gasteiger partial charge in [-0.05, 0) is 50.0 Å². The van der Waals surface area contributed by atoms with Crippen molar-refractivity contribution in [1.29, 1.82) is 0 Å². The standard InChI is InChI=1S/C14H20ClN3/c1-8(12-5-9-2-3-10(12)4-9)18-14-13(15)6-11(16)7-17-14/h6-10,12H,2-5,16H2,1H3,(H,17,18). The molecule has 4 unspecified atom stereocenters. The number of rotatable bonds is 3. The van der Waals surface area contributed by atoms with E-state index in [1.54, 1.807) is 12.3 Å². The first-order valence-electron chi connectivity index (χ1n) is 6.81. The van der Waals surface area contributed by atoms with Crippen molar-refractivity contribution in [2.75, 3.05) is 11.1 Å². The van der Waals surface area contributed by atoms with E-state index in [4.69, 9.17) is 17.3 Å². The summed E-state index contributed by atoms with van der Waals surface area (Å²) < 4.78 is 0. The van der Waals surface area contributed by atoms with Crippen LogP contribution >= 0.6 is 11.6 Å².